The molecule has 0 saturated heterocycles. The first kappa shape index (κ1) is 46.3. The van der Waals surface area contributed by atoms with Gasteiger partial charge in [-0.05, 0) is 65.2 Å². The van der Waals surface area contributed by atoms with Gasteiger partial charge in [0.05, 0.1) is 11.2 Å². The standard InChI is InChI=1S/C11H24.C9H20O2.C2H6.2CH4.2B/c1-10(2,3)8-7-9-11(4,5)6;1-8(2,3)10-7-11-9(4,5)6;1-2;;;;/h7-9H2,1-6H3;7H2,1-6H3;1-2H3;2*1H4;;. The van der Waals surface area contributed by atoms with Crippen molar-refractivity contribution in [3.63, 3.8) is 0 Å². The monoisotopic (exact) mass is 400 g/mol. The van der Waals surface area contributed by atoms with Crippen molar-refractivity contribution in [2.24, 2.45) is 10.8 Å². The van der Waals surface area contributed by atoms with Crippen molar-refractivity contribution < 1.29 is 9.47 Å². The Bertz CT molecular complexity index is 219. The Labute approximate surface area is 186 Å². The van der Waals surface area contributed by atoms with E-state index in [-0.39, 0.29) is 42.9 Å². The van der Waals surface area contributed by atoms with Crippen LogP contribution in [0.3, 0.4) is 0 Å². The average Bonchev–Trinajstić information content (AvgIpc) is 2.25. The zero-order chi connectivity index (χ0) is 20.2. The second-order valence-electron chi connectivity index (χ2n) is 10.6. The van der Waals surface area contributed by atoms with Crippen LogP contribution < -0.4 is 0 Å². The van der Waals surface area contributed by atoms with Gasteiger partial charge in [-0.25, -0.2) is 0 Å². The molecule has 2 nitrogen and oxygen atoms in total. The van der Waals surface area contributed by atoms with Crippen LogP contribution in [0.1, 0.15) is 131 Å². The third-order valence-corrected chi connectivity index (χ3v) is 2.84. The van der Waals surface area contributed by atoms with E-state index in [4.69, 9.17) is 9.47 Å². The fourth-order valence-corrected chi connectivity index (χ4v) is 1.53. The molecule has 0 atom stereocenters. The molecule has 0 aliphatic carbocycles. The Hall–Kier alpha value is 0.0499. The Kier molecular flexibility index (Phi) is 33.6. The SMILES string of the molecule is C.C.CC.CC(C)(C)CCCC(C)(C)C.CC(C)(C)OCOC(C)(C)C.[B].[B]. The molecule has 0 saturated carbocycles. The molecule has 0 amide bonds. The van der Waals surface area contributed by atoms with E-state index < -0.39 is 0 Å². The quantitative estimate of drug-likeness (QED) is 0.349. The van der Waals surface area contributed by atoms with Gasteiger partial charge in [-0.15, -0.1) is 0 Å². The highest BCUT2D eigenvalue weighted by Gasteiger charge is 2.14. The average molecular weight is 400 g/mol. The van der Waals surface area contributed by atoms with Gasteiger partial charge in [0.1, 0.15) is 6.79 Å². The van der Waals surface area contributed by atoms with Gasteiger partial charge in [-0.3, -0.25) is 0 Å². The van der Waals surface area contributed by atoms with Crippen molar-refractivity contribution in [1.29, 1.82) is 0 Å². The van der Waals surface area contributed by atoms with Crippen LogP contribution >= 0.6 is 0 Å². The summed E-state index contributed by atoms with van der Waals surface area (Å²) in [5, 5.41) is 0. The van der Waals surface area contributed by atoms with Crippen LogP contribution in [0.5, 0.6) is 0 Å². The normalized spacial score (nSPS) is 10.9. The smallest absolute Gasteiger partial charge is 0.148 e. The second-order valence-corrected chi connectivity index (χ2v) is 10.6. The topological polar surface area (TPSA) is 18.5 Å². The van der Waals surface area contributed by atoms with Crippen LogP contribution in [0.4, 0.5) is 0 Å². The lowest BCUT2D eigenvalue weighted by atomic mass is 9.84. The van der Waals surface area contributed by atoms with Crippen LogP contribution in [0.15, 0.2) is 0 Å². The van der Waals surface area contributed by atoms with Crippen LogP contribution in [0.2, 0.25) is 0 Å². The molecule has 4 heteroatoms. The van der Waals surface area contributed by atoms with Gasteiger partial charge in [0, 0.05) is 16.8 Å². The first-order valence-electron chi connectivity index (χ1n) is 9.69. The van der Waals surface area contributed by atoms with E-state index >= 15 is 0 Å². The summed E-state index contributed by atoms with van der Waals surface area (Å²) in [5.41, 5.74) is 0.826. The van der Waals surface area contributed by atoms with Crippen molar-refractivity contribution in [2.75, 3.05) is 6.79 Å². The van der Waals surface area contributed by atoms with Gasteiger partial charge in [0.25, 0.3) is 0 Å². The zero-order valence-corrected chi connectivity index (χ0v) is 20.8. The largest absolute Gasteiger partial charge is 0.350 e. The van der Waals surface area contributed by atoms with Gasteiger partial charge >= 0.3 is 0 Å². The zero-order valence-electron chi connectivity index (χ0n) is 20.8. The van der Waals surface area contributed by atoms with E-state index in [1.54, 1.807) is 0 Å². The first-order chi connectivity index (χ1) is 10.4. The predicted octanol–water partition coefficient (Wildman–Crippen LogP) is 8.36. The third kappa shape index (κ3) is 63.5. The van der Waals surface area contributed by atoms with Gasteiger partial charge < -0.3 is 9.47 Å². The lowest BCUT2D eigenvalue weighted by molar-refractivity contribution is -0.163. The maximum atomic E-state index is 5.38. The van der Waals surface area contributed by atoms with Crippen molar-refractivity contribution >= 4 is 16.8 Å². The second kappa shape index (κ2) is 20.3. The van der Waals surface area contributed by atoms with E-state index in [9.17, 15) is 0 Å². The molecule has 0 bridgehead atoms. The summed E-state index contributed by atoms with van der Waals surface area (Å²) < 4.78 is 10.8. The molecule has 28 heavy (non-hydrogen) atoms. The summed E-state index contributed by atoms with van der Waals surface area (Å²) in [6.07, 6.45) is 4.07. The van der Waals surface area contributed by atoms with Crippen molar-refractivity contribution in [3.8, 4) is 0 Å². The van der Waals surface area contributed by atoms with Crippen molar-refractivity contribution in [2.45, 2.75) is 142 Å². The van der Waals surface area contributed by atoms with Gasteiger partial charge in [0.15, 0.2) is 0 Å². The highest BCUT2D eigenvalue weighted by Crippen LogP contribution is 2.27. The van der Waals surface area contributed by atoms with Gasteiger partial charge in [-0.2, -0.15) is 0 Å². The summed E-state index contributed by atoms with van der Waals surface area (Å²) in [4.78, 5) is 0. The Morgan fingerprint density at radius 3 is 0.857 bits per heavy atom. The molecule has 0 rings (SSSR count). The molecular weight excluding hydrogens is 342 g/mol. The van der Waals surface area contributed by atoms with Crippen molar-refractivity contribution in [3.05, 3.63) is 0 Å². The molecule has 0 spiro atoms. The summed E-state index contributed by atoms with van der Waals surface area (Å²) in [6, 6.07) is 0. The van der Waals surface area contributed by atoms with Gasteiger partial charge in [0.2, 0.25) is 0 Å². The number of rotatable bonds is 4. The molecule has 0 fully saturated rings. The van der Waals surface area contributed by atoms with E-state index in [1.165, 1.54) is 19.3 Å². The van der Waals surface area contributed by atoms with Crippen LogP contribution in [0, 0.1) is 10.8 Å². The number of hydrogen-bond acceptors (Lipinski definition) is 2. The van der Waals surface area contributed by atoms with Crippen LogP contribution in [-0.4, -0.2) is 34.8 Å². The highest BCUT2D eigenvalue weighted by atomic mass is 16.7. The lowest BCUT2D eigenvalue weighted by Gasteiger charge is -2.24. The minimum absolute atomic E-state index is 0. The molecule has 0 heterocycles. The van der Waals surface area contributed by atoms with Gasteiger partial charge in [-0.1, -0.05) is 76.7 Å². The maximum absolute atomic E-state index is 5.38. The summed E-state index contributed by atoms with van der Waals surface area (Å²) in [5.74, 6) is 0. The molecule has 0 aromatic heterocycles. The molecule has 6 radical (unpaired) electrons. The third-order valence-electron chi connectivity index (χ3n) is 2.84. The van der Waals surface area contributed by atoms with Crippen LogP contribution in [-0.2, 0) is 9.47 Å². The minimum Gasteiger partial charge on any atom is -0.350 e. The molecular formula is C24H58B2O2. The number of hydrogen-bond donors (Lipinski definition) is 0. The molecule has 0 unspecified atom stereocenters. The number of ether oxygens (including phenoxy) is 2. The summed E-state index contributed by atoms with van der Waals surface area (Å²) >= 11 is 0. The molecule has 0 aromatic carbocycles. The summed E-state index contributed by atoms with van der Waals surface area (Å²) in [6.45, 7) is 30.3. The maximum Gasteiger partial charge on any atom is 0.148 e. The van der Waals surface area contributed by atoms with E-state index in [2.05, 4.69) is 41.5 Å². The lowest BCUT2D eigenvalue weighted by Crippen LogP contribution is -2.26. The van der Waals surface area contributed by atoms with E-state index in [0.717, 1.165) is 0 Å². The predicted molar refractivity (Wildman–Crippen MR) is 136 cm³/mol. The first-order valence-corrected chi connectivity index (χ1v) is 9.69. The van der Waals surface area contributed by atoms with Crippen molar-refractivity contribution in [1.82, 2.24) is 0 Å². The minimum atomic E-state index is -0.106. The fourth-order valence-electron chi connectivity index (χ4n) is 1.53. The highest BCUT2D eigenvalue weighted by molar-refractivity contribution is 5.76. The Morgan fingerprint density at radius 1 is 0.500 bits per heavy atom. The van der Waals surface area contributed by atoms with Crippen LogP contribution in [0.25, 0.3) is 0 Å². The molecule has 0 aromatic rings. The fraction of sp³-hybridized carbons (Fsp3) is 1.00. The molecule has 0 aliphatic heterocycles. The van der Waals surface area contributed by atoms with E-state index in [1.807, 2.05) is 55.4 Å². The molecule has 172 valence electrons. The Balaban J connectivity index is -0.0000000510. The molecule has 0 N–H and O–H groups in total. The Morgan fingerprint density at radius 2 is 0.714 bits per heavy atom. The molecule has 0 aliphatic rings. The van der Waals surface area contributed by atoms with E-state index in [0.29, 0.717) is 17.6 Å². The summed E-state index contributed by atoms with van der Waals surface area (Å²) in [7, 11) is 0.